The van der Waals surface area contributed by atoms with Gasteiger partial charge in [0.15, 0.2) is 0 Å². The van der Waals surface area contributed by atoms with Gasteiger partial charge >= 0.3 is 0 Å². The van der Waals surface area contributed by atoms with Gasteiger partial charge in [0.1, 0.15) is 5.67 Å². The lowest BCUT2D eigenvalue weighted by atomic mass is 10.2. The summed E-state index contributed by atoms with van der Waals surface area (Å²) >= 11 is 3.08. The van der Waals surface area contributed by atoms with Gasteiger partial charge in [0.2, 0.25) is 0 Å². The maximum Gasteiger partial charge on any atom is 0.261 e. The van der Waals surface area contributed by atoms with E-state index < -0.39 is 14.0 Å². The molecule has 1 fully saturated rings. The smallest absolute Gasteiger partial charge is 0.261 e. The Hall–Kier alpha value is -1.41. The normalized spacial score (nSPS) is 22.4. The first-order valence-corrected chi connectivity index (χ1v) is 11.6. The average Bonchev–Trinajstić information content (AvgIpc) is 3.26. The average molecular weight is 431 g/mol. The molecule has 0 N–H and O–H groups in total. The highest BCUT2D eigenvalue weighted by atomic mass is 79.9. The molecule has 0 heterocycles. The second-order valence-corrected chi connectivity index (χ2v) is 12.7. The van der Waals surface area contributed by atoms with Gasteiger partial charge in [0.05, 0.1) is 12.5 Å². The first-order chi connectivity index (χ1) is 12.3. The Morgan fingerprint density at radius 2 is 1.58 bits per heavy atom. The molecule has 2 aromatic carbocycles. The van der Waals surface area contributed by atoms with E-state index in [2.05, 4.69) is 71.7 Å². The van der Waals surface area contributed by atoms with Crippen molar-refractivity contribution in [1.82, 2.24) is 0 Å². The van der Waals surface area contributed by atoms with Gasteiger partial charge < -0.3 is 4.43 Å². The minimum atomic E-state index is -2.67. The zero-order chi connectivity index (χ0) is 18.8. The molecule has 1 aliphatic carbocycles. The molecule has 4 heteroatoms. The van der Waals surface area contributed by atoms with Crippen LogP contribution >= 0.6 is 15.9 Å². The maximum atomic E-state index is 15.1. The van der Waals surface area contributed by atoms with Crippen molar-refractivity contribution < 1.29 is 8.82 Å². The number of hydrogen-bond donors (Lipinski definition) is 0. The van der Waals surface area contributed by atoms with Crippen LogP contribution in [0.4, 0.5) is 4.39 Å². The third-order valence-corrected chi connectivity index (χ3v) is 10.4. The zero-order valence-electron chi connectivity index (χ0n) is 15.4. The summed E-state index contributed by atoms with van der Waals surface area (Å²) in [6.45, 7) is 6.69. The monoisotopic (exact) mass is 430 g/mol. The Labute approximate surface area is 165 Å². The SMILES string of the molecule is CC(C)(C)[Si](OC[C@@]1(F)C[C@@H]1C#CBr)(c1ccccc1)c1ccccc1. The molecule has 0 amide bonds. The lowest BCUT2D eigenvalue weighted by molar-refractivity contribution is 0.161. The third kappa shape index (κ3) is 3.53. The zero-order valence-corrected chi connectivity index (χ0v) is 18.0. The van der Waals surface area contributed by atoms with Crippen molar-refractivity contribution in [2.45, 2.75) is 37.9 Å². The van der Waals surface area contributed by atoms with Gasteiger partial charge in [-0.05, 0) is 20.2 Å². The van der Waals surface area contributed by atoms with Crippen molar-refractivity contribution in [1.29, 1.82) is 0 Å². The van der Waals surface area contributed by atoms with Crippen LogP contribution in [0.2, 0.25) is 5.04 Å². The Morgan fingerprint density at radius 3 is 2.00 bits per heavy atom. The first kappa shape index (κ1) is 19.4. The van der Waals surface area contributed by atoms with Gasteiger partial charge in [-0.2, -0.15) is 0 Å². The van der Waals surface area contributed by atoms with Gasteiger partial charge in [-0.1, -0.05) is 87.4 Å². The predicted molar refractivity (Wildman–Crippen MR) is 112 cm³/mol. The molecule has 1 saturated carbocycles. The van der Waals surface area contributed by atoms with Crippen LogP contribution in [0.5, 0.6) is 0 Å². The van der Waals surface area contributed by atoms with Gasteiger partial charge in [-0.25, -0.2) is 4.39 Å². The number of alkyl halides is 1. The molecule has 2 aromatic rings. The van der Waals surface area contributed by atoms with Crippen molar-refractivity contribution in [2.24, 2.45) is 5.92 Å². The summed E-state index contributed by atoms with van der Waals surface area (Å²) in [6, 6.07) is 20.7. The predicted octanol–water partition coefficient (Wildman–Crippen LogP) is 4.65. The van der Waals surface area contributed by atoms with E-state index in [1.165, 1.54) is 10.4 Å². The van der Waals surface area contributed by atoms with Crippen LogP contribution in [0.15, 0.2) is 60.7 Å². The van der Waals surface area contributed by atoms with Crippen molar-refractivity contribution in [3.8, 4) is 10.8 Å². The summed E-state index contributed by atoms with van der Waals surface area (Å²) in [5.41, 5.74) is -1.34. The minimum absolute atomic E-state index is 0.0899. The summed E-state index contributed by atoms with van der Waals surface area (Å²) < 4.78 is 21.7. The Morgan fingerprint density at radius 1 is 1.08 bits per heavy atom. The van der Waals surface area contributed by atoms with Crippen LogP contribution < -0.4 is 10.4 Å². The summed E-state index contributed by atoms with van der Waals surface area (Å²) in [6.07, 6.45) is 0.448. The van der Waals surface area contributed by atoms with E-state index in [4.69, 9.17) is 4.43 Å². The number of rotatable bonds is 5. The molecule has 3 rings (SSSR count). The minimum Gasteiger partial charge on any atom is -0.404 e. The topological polar surface area (TPSA) is 9.23 Å². The van der Waals surface area contributed by atoms with Gasteiger partial charge in [0, 0.05) is 22.4 Å². The lowest BCUT2D eigenvalue weighted by Crippen LogP contribution is -2.67. The number of hydrogen-bond acceptors (Lipinski definition) is 1. The molecule has 0 bridgehead atoms. The van der Waals surface area contributed by atoms with Crippen molar-refractivity contribution in [2.75, 3.05) is 6.61 Å². The molecule has 0 unspecified atom stereocenters. The van der Waals surface area contributed by atoms with E-state index in [9.17, 15) is 0 Å². The number of halogens is 2. The molecule has 2 atom stereocenters. The van der Waals surface area contributed by atoms with Gasteiger partial charge in [-0.15, -0.1) is 0 Å². The fourth-order valence-corrected chi connectivity index (χ4v) is 8.56. The van der Waals surface area contributed by atoms with E-state index >= 15 is 4.39 Å². The summed E-state index contributed by atoms with van der Waals surface area (Å²) in [4.78, 5) is 2.65. The molecule has 0 spiro atoms. The third-order valence-electron chi connectivity index (χ3n) is 5.18. The molecular formula is C22H24BrFOSi. The van der Waals surface area contributed by atoms with E-state index in [1.54, 1.807) is 0 Å². The van der Waals surface area contributed by atoms with Crippen LogP contribution in [-0.4, -0.2) is 20.6 Å². The highest BCUT2D eigenvalue weighted by molar-refractivity contribution is 9.12. The van der Waals surface area contributed by atoms with Crippen molar-refractivity contribution in [3.05, 3.63) is 60.7 Å². The standard InChI is InChI=1S/C22H24BrFOSi/c1-21(2,3)26(19-10-6-4-7-11-19,20-12-8-5-9-13-20)25-17-22(24)16-18(22)14-15-23/h4-13,18H,16-17H2,1-3H3/t18-,22-/m0/s1. The fraction of sp³-hybridized carbons (Fsp3) is 0.364. The van der Waals surface area contributed by atoms with E-state index in [1.807, 2.05) is 36.4 Å². The molecule has 0 aromatic heterocycles. The van der Waals surface area contributed by atoms with Crippen LogP contribution in [0.25, 0.3) is 0 Å². The molecule has 1 nitrogen and oxygen atoms in total. The van der Waals surface area contributed by atoms with E-state index in [0.717, 1.165) is 0 Å². The van der Waals surface area contributed by atoms with E-state index in [-0.39, 0.29) is 17.6 Å². The Bertz CT molecular complexity index is 767. The molecule has 26 heavy (non-hydrogen) atoms. The maximum absolute atomic E-state index is 15.1. The Kier molecular flexibility index (Phi) is 5.44. The number of benzene rings is 2. The van der Waals surface area contributed by atoms with Gasteiger partial charge in [-0.3, -0.25) is 0 Å². The van der Waals surface area contributed by atoms with Crippen molar-refractivity contribution in [3.63, 3.8) is 0 Å². The molecule has 0 saturated heterocycles. The quantitative estimate of drug-likeness (QED) is 0.495. The second-order valence-electron chi connectivity index (χ2n) is 7.98. The Balaban J connectivity index is 2.05. The molecule has 136 valence electrons. The molecule has 0 radical (unpaired) electrons. The highest BCUT2D eigenvalue weighted by Gasteiger charge is 2.58. The van der Waals surface area contributed by atoms with Crippen LogP contribution in [0.1, 0.15) is 27.2 Å². The summed E-state index contributed by atoms with van der Waals surface area (Å²) in [5.74, 6) is 2.66. The van der Waals surface area contributed by atoms with Crippen LogP contribution in [0.3, 0.4) is 0 Å². The highest BCUT2D eigenvalue weighted by Crippen LogP contribution is 2.48. The second kappa shape index (κ2) is 7.30. The first-order valence-electron chi connectivity index (χ1n) is 8.88. The molecular weight excluding hydrogens is 407 g/mol. The van der Waals surface area contributed by atoms with Crippen LogP contribution in [-0.2, 0) is 4.43 Å². The van der Waals surface area contributed by atoms with E-state index in [0.29, 0.717) is 6.42 Å². The van der Waals surface area contributed by atoms with Crippen molar-refractivity contribution >= 4 is 34.6 Å². The molecule has 0 aliphatic heterocycles. The summed E-state index contributed by atoms with van der Waals surface area (Å²) in [5, 5.41) is 2.20. The lowest BCUT2D eigenvalue weighted by Gasteiger charge is -2.43. The molecule has 1 aliphatic rings. The van der Waals surface area contributed by atoms with Gasteiger partial charge in [0.25, 0.3) is 8.32 Å². The largest absolute Gasteiger partial charge is 0.404 e. The summed E-state index contributed by atoms with van der Waals surface area (Å²) in [7, 11) is -2.67. The fourth-order valence-electron chi connectivity index (χ4n) is 3.68. The van der Waals surface area contributed by atoms with Crippen LogP contribution in [0, 0.1) is 16.7 Å².